The largest absolute Gasteiger partial charge is 0.326 e. The van der Waals surface area contributed by atoms with Crippen LogP contribution >= 0.6 is 23.4 Å². The van der Waals surface area contributed by atoms with E-state index in [-0.39, 0.29) is 0 Å². The monoisotopic (exact) mass is 251 g/mol. The van der Waals surface area contributed by atoms with Crippen molar-refractivity contribution in [2.75, 3.05) is 0 Å². The Morgan fingerprint density at radius 3 is 2.88 bits per heavy atom. The van der Waals surface area contributed by atoms with E-state index >= 15 is 0 Å². The first-order valence-electron chi connectivity index (χ1n) is 4.72. The van der Waals surface area contributed by atoms with Gasteiger partial charge in [-0.3, -0.25) is 4.98 Å². The normalized spacial score (nSPS) is 10.4. The zero-order chi connectivity index (χ0) is 11.4. The van der Waals surface area contributed by atoms with Gasteiger partial charge in [0.1, 0.15) is 5.03 Å². The van der Waals surface area contributed by atoms with Gasteiger partial charge in [0.2, 0.25) is 0 Å². The van der Waals surface area contributed by atoms with Crippen molar-refractivity contribution in [3.8, 4) is 0 Å². The van der Waals surface area contributed by atoms with Crippen molar-refractivity contribution in [1.29, 1.82) is 0 Å². The maximum atomic E-state index is 6.07. The summed E-state index contributed by atoms with van der Waals surface area (Å²) in [6.45, 7) is 0.419. The molecule has 82 valence electrons. The van der Waals surface area contributed by atoms with Gasteiger partial charge in [-0.25, -0.2) is 4.98 Å². The number of rotatable bonds is 3. The summed E-state index contributed by atoms with van der Waals surface area (Å²) in [6.07, 6.45) is 5.02. The van der Waals surface area contributed by atoms with Crippen LogP contribution in [-0.2, 0) is 6.54 Å². The lowest BCUT2D eigenvalue weighted by Crippen LogP contribution is -1.99. The molecule has 0 atom stereocenters. The number of hydrogen-bond acceptors (Lipinski definition) is 4. The predicted octanol–water partition coefficient (Wildman–Crippen LogP) is 2.74. The Hall–Kier alpha value is -1.10. The first-order chi connectivity index (χ1) is 7.81. The van der Waals surface area contributed by atoms with Crippen LogP contribution in [-0.4, -0.2) is 9.97 Å². The zero-order valence-corrected chi connectivity index (χ0v) is 10.0. The third kappa shape index (κ3) is 2.52. The van der Waals surface area contributed by atoms with Crippen molar-refractivity contribution in [3.05, 3.63) is 47.4 Å². The molecule has 1 aromatic heterocycles. The molecule has 0 aliphatic carbocycles. The van der Waals surface area contributed by atoms with Crippen molar-refractivity contribution >= 4 is 23.4 Å². The van der Waals surface area contributed by atoms with E-state index in [1.54, 1.807) is 18.6 Å². The number of halogens is 1. The van der Waals surface area contributed by atoms with Gasteiger partial charge in [0.15, 0.2) is 0 Å². The minimum Gasteiger partial charge on any atom is -0.326 e. The molecule has 1 aromatic carbocycles. The molecule has 0 fully saturated rings. The Labute approximate surface area is 103 Å². The van der Waals surface area contributed by atoms with E-state index in [9.17, 15) is 0 Å². The first-order valence-corrected chi connectivity index (χ1v) is 5.92. The second kappa shape index (κ2) is 5.30. The summed E-state index contributed by atoms with van der Waals surface area (Å²) in [5, 5.41) is 1.52. The molecule has 0 radical (unpaired) electrons. The molecule has 16 heavy (non-hydrogen) atoms. The maximum Gasteiger partial charge on any atom is 0.119 e. The Bertz CT molecular complexity index is 476. The number of aromatic nitrogens is 2. The number of nitrogens with two attached hydrogens (primary N) is 1. The fourth-order valence-corrected chi connectivity index (χ4v) is 2.51. The summed E-state index contributed by atoms with van der Waals surface area (Å²) >= 11 is 7.58. The van der Waals surface area contributed by atoms with Crippen molar-refractivity contribution in [1.82, 2.24) is 9.97 Å². The summed E-state index contributed by atoms with van der Waals surface area (Å²) < 4.78 is 0. The molecule has 0 aliphatic rings. The Morgan fingerprint density at radius 1 is 1.31 bits per heavy atom. The van der Waals surface area contributed by atoms with E-state index in [2.05, 4.69) is 9.97 Å². The SMILES string of the molecule is NCc1c(Cl)cccc1Sc1cnccn1. The Kier molecular flexibility index (Phi) is 3.77. The number of nitrogens with zero attached hydrogens (tertiary/aromatic N) is 2. The predicted molar refractivity (Wildman–Crippen MR) is 65.5 cm³/mol. The molecule has 2 aromatic rings. The van der Waals surface area contributed by atoms with Gasteiger partial charge in [0, 0.05) is 28.9 Å². The third-order valence-electron chi connectivity index (χ3n) is 2.03. The van der Waals surface area contributed by atoms with Gasteiger partial charge in [0.25, 0.3) is 0 Å². The average molecular weight is 252 g/mol. The Morgan fingerprint density at radius 2 is 2.19 bits per heavy atom. The van der Waals surface area contributed by atoms with Gasteiger partial charge in [-0.1, -0.05) is 29.4 Å². The summed E-state index contributed by atoms with van der Waals surface area (Å²) in [5.74, 6) is 0. The van der Waals surface area contributed by atoms with Crippen LogP contribution in [0.3, 0.4) is 0 Å². The highest BCUT2D eigenvalue weighted by Gasteiger charge is 2.07. The van der Waals surface area contributed by atoms with Crippen molar-refractivity contribution in [3.63, 3.8) is 0 Å². The lowest BCUT2D eigenvalue weighted by molar-refractivity contribution is 1.02. The van der Waals surface area contributed by atoms with E-state index in [0.717, 1.165) is 15.5 Å². The van der Waals surface area contributed by atoms with Gasteiger partial charge in [-0.05, 0) is 17.7 Å². The van der Waals surface area contributed by atoms with E-state index in [1.807, 2.05) is 18.2 Å². The van der Waals surface area contributed by atoms with Gasteiger partial charge in [0.05, 0.1) is 6.20 Å². The smallest absolute Gasteiger partial charge is 0.119 e. The van der Waals surface area contributed by atoms with Crippen LogP contribution in [0.5, 0.6) is 0 Å². The number of benzene rings is 1. The standard InChI is InChI=1S/C11H10ClN3S/c12-9-2-1-3-10(8(9)6-13)16-11-7-14-4-5-15-11/h1-5,7H,6,13H2. The Balaban J connectivity index is 2.31. The van der Waals surface area contributed by atoms with Gasteiger partial charge < -0.3 is 5.73 Å². The molecule has 1 heterocycles. The minimum absolute atomic E-state index is 0.419. The summed E-state index contributed by atoms with van der Waals surface area (Å²) in [4.78, 5) is 9.23. The van der Waals surface area contributed by atoms with Crippen LogP contribution in [0.1, 0.15) is 5.56 Å². The molecule has 2 N–H and O–H groups in total. The van der Waals surface area contributed by atoms with Crippen molar-refractivity contribution in [2.24, 2.45) is 5.73 Å². The van der Waals surface area contributed by atoms with Crippen LogP contribution in [0, 0.1) is 0 Å². The number of hydrogen-bond donors (Lipinski definition) is 1. The zero-order valence-electron chi connectivity index (χ0n) is 8.43. The van der Waals surface area contributed by atoms with Crippen LogP contribution < -0.4 is 5.73 Å². The maximum absolute atomic E-state index is 6.07. The summed E-state index contributed by atoms with van der Waals surface area (Å²) in [7, 11) is 0. The molecule has 0 saturated heterocycles. The van der Waals surface area contributed by atoms with Crippen molar-refractivity contribution in [2.45, 2.75) is 16.5 Å². The molecule has 3 nitrogen and oxygen atoms in total. The molecule has 0 saturated carbocycles. The fraction of sp³-hybridized carbons (Fsp3) is 0.0909. The molecule has 0 aliphatic heterocycles. The second-order valence-corrected chi connectivity index (χ2v) is 4.54. The van der Waals surface area contributed by atoms with Crippen LogP contribution in [0.2, 0.25) is 5.02 Å². The molecule has 2 rings (SSSR count). The van der Waals surface area contributed by atoms with Crippen LogP contribution in [0.25, 0.3) is 0 Å². The highest BCUT2D eigenvalue weighted by Crippen LogP contribution is 2.31. The fourth-order valence-electron chi connectivity index (χ4n) is 1.28. The van der Waals surface area contributed by atoms with Gasteiger partial charge in [-0.15, -0.1) is 0 Å². The summed E-state index contributed by atoms with van der Waals surface area (Å²) in [5.41, 5.74) is 6.62. The molecule has 0 amide bonds. The molecule has 5 heteroatoms. The highest BCUT2D eigenvalue weighted by atomic mass is 35.5. The van der Waals surface area contributed by atoms with Gasteiger partial charge in [-0.2, -0.15) is 0 Å². The minimum atomic E-state index is 0.419. The molecule has 0 unspecified atom stereocenters. The molecule has 0 spiro atoms. The lowest BCUT2D eigenvalue weighted by atomic mass is 10.2. The third-order valence-corrected chi connectivity index (χ3v) is 3.41. The van der Waals surface area contributed by atoms with Crippen molar-refractivity contribution < 1.29 is 0 Å². The second-order valence-electron chi connectivity index (χ2n) is 3.07. The molecular weight excluding hydrogens is 242 g/mol. The summed E-state index contributed by atoms with van der Waals surface area (Å²) in [6, 6.07) is 5.72. The first kappa shape index (κ1) is 11.4. The topological polar surface area (TPSA) is 51.8 Å². The van der Waals surface area contributed by atoms with E-state index in [4.69, 9.17) is 17.3 Å². The van der Waals surface area contributed by atoms with E-state index in [0.29, 0.717) is 11.6 Å². The van der Waals surface area contributed by atoms with E-state index in [1.165, 1.54) is 11.8 Å². The average Bonchev–Trinajstić information content (AvgIpc) is 2.31. The molecule has 0 bridgehead atoms. The highest BCUT2D eigenvalue weighted by molar-refractivity contribution is 7.99. The lowest BCUT2D eigenvalue weighted by Gasteiger charge is -2.07. The molecular formula is C11H10ClN3S. The van der Waals surface area contributed by atoms with Crippen LogP contribution in [0.15, 0.2) is 46.7 Å². The quantitative estimate of drug-likeness (QED) is 0.911. The van der Waals surface area contributed by atoms with Gasteiger partial charge >= 0.3 is 0 Å². The van der Waals surface area contributed by atoms with Crippen LogP contribution in [0.4, 0.5) is 0 Å². The van der Waals surface area contributed by atoms with E-state index < -0.39 is 0 Å².